The molecule has 3 aliphatic heterocycles. The second kappa shape index (κ2) is 10.3. The molecule has 0 aromatic heterocycles. The van der Waals surface area contributed by atoms with Crippen LogP contribution in [0.3, 0.4) is 0 Å². The molecule has 2 saturated heterocycles. The Bertz CT molecular complexity index is 1430. The van der Waals surface area contributed by atoms with Gasteiger partial charge in [0.25, 0.3) is 0 Å². The molecule has 0 bridgehead atoms. The fourth-order valence-electron chi connectivity index (χ4n) is 6.21. The number of piperidine rings is 2. The average molecular weight is 662 g/mol. The van der Waals surface area contributed by atoms with Crippen molar-refractivity contribution in [2.45, 2.75) is 42.7 Å². The second-order valence-corrected chi connectivity index (χ2v) is 12.2. The molecule has 3 aromatic rings. The monoisotopic (exact) mass is 661 g/mol. The Morgan fingerprint density at radius 3 is 2.53 bits per heavy atom. The predicted octanol–water partition coefficient (Wildman–Crippen LogP) is 5.96. The number of carbonyl (C=O) groups excluding carboxylic acids is 2. The molecule has 38 heavy (non-hydrogen) atoms. The number of carbonyl (C=O) groups is 2. The topological polar surface area (TPSA) is 79.5 Å². The highest BCUT2D eigenvalue weighted by Gasteiger charge is 2.61. The maximum Gasteiger partial charge on any atom is 0.238 e. The summed E-state index contributed by atoms with van der Waals surface area (Å²) in [6, 6.07) is 18.2. The Hall–Kier alpha value is -2.33. The Morgan fingerprint density at radius 2 is 1.74 bits per heavy atom. The molecule has 3 N–H and O–H groups in total. The van der Waals surface area contributed by atoms with Gasteiger partial charge in [0.1, 0.15) is 17.3 Å². The van der Waals surface area contributed by atoms with Crippen LogP contribution in [0.5, 0.6) is 5.75 Å². The molecular weight excluding hydrogens is 636 g/mol. The Morgan fingerprint density at radius 1 is 0.947 bits per heavy atom. The first-order valence-corrected chi connectivity index (χ1v) is 14.5. The minimum absolute atomic E-state index is 0.0533. The number of hydrogen-bond donors (Lipinski definition) is 3. The van der Waals surface area contributed by atoms with Crippen LogP contribution in [0, 0.1) is 3.57 Å². The quantitative estimate of drug-likeness (QED) is 0.302. The maximum absolute atomic E-state index is 14.3. The van der Waals surface area contributed by atoms with Crippen LogP contribution in [0.4, 0.5) is 5.69 Å². The summed E-state index contributed by atoms with van der Waals surface area (Å²) in [6.07, 6.45) is 1.97. The summed E-state index contributed by atoms with van der Waals surface area (Å²) in [5.74, 6) is -0.0974. The third-order valence-corrected chi connectivity index (χ3v) is 9.01. The number of benzene rings is 3. The van der Waals surface area contributed by atoms with E-state index in [-0.39, 0.29) is 24.3 Å². The van der Waals surface area contributed by atoms with Crippen LogP contribution in [0.2, 0.25) is 10.0 Å². The van der Waals surface area contributed by atoms with Crippen LogP contribution in [0.15, 0.2) is 60.7 Å². The van der Waals surface area contributed by atoms with Crippen LogP contribution < -0.4 is 20.7 Å². The molecule has 196 valence electrons. The molecule has 0 radical (unpaired) electrons. The third kappa shape index (κ3) is 4.47. The van der Waals surface area contributed by atoms with Crippen LogP contribution in [-0.4, -0.2) is 31.0 Å². The first-order valence-electron chi connectivity index (χ1n) is 12.7. The van der Waals surface area contributed by atoms with Gasteiger partial charge in [-0.2, -0.15) is 0 Å². The zero-order valence-corrected chi connectivity index (χ0v) is 24.1. The highest BCUT2D eigenvalue weighted by atomic mass is 127. The van der Waals surface area contributed by atoms with Gasteiger partial charge in [-0.3, -0.25) is 9.59 Å². The summed E-state index contributed by atoms with van der Waals surface area (Å²) >= 11 is 15.0. The third-order valence-electron chi connectivity index (χ3n) is 7.86. The fourth-order valence-corrected chi connectivity index (χ4v) is 7.10. The maximum atomic E-state index is 14.3. The smallest absolute Gasteiger partial charge is 0.238 e. The van der Waals surface area contributed by atoms with Crippen molar-refractivity contribution in [3.63, 3.8) is 0 Å². The number of hydrogen-bond acceptors (Lipinski definition) is 4. The zero-order valence-electron chi connectivity index (χ0n) is 20.4. The standard InChI is InChI=1S/C29H26Cl2IN3O3/c30-17-3-1-2-16(12-17)23-15-26(36)35-27(29(23)22-6-4-18(31)13-24(22)34-28(29)37)21-14-19(32)5-7-25(21)38-20-8-10-33-11-9-20/h1-7,12-14,20,23,27,33H,8-11,15H2,(H,34,37)(H,35,36). The van der Waals surface area contributed by atoms with Crippen molar-refractivity contribution >= 4 is 63.3 Å². The number of rotatable bonds is 4. The fraction of sp³-hybridized carbons (Fsp3) is 0.310. The molecule has 3 unspecified atom stereocenters. The summed E-state index contributed by atoms with van der Waals surface area (Å²) < 4.78 is 7.55. The van der Waals surface area contributed by atoms with Crippen LogP contribution >= 0.6 is 45.8 Å². The molecular formula is C29H26Cl2IN3O3. The first-order chi connectivity index (χ1) is 18.4. The van der Waals surface area contributed by atoms with Crippen molar-refractivity contribution in [1.82, 2.24) is 10.6 Å². The van der Waals surface area contributed by atoms with E-state index < -0.39 is 17.4 Å². The van der Waals surface area contributed by atoms with Crippen molar-refractivity contribution in [3.05, 3.63) is 91.0 Å². The molecule has 6 rings (SSSR count). The van der Waals surface area contributed by atoms with E-state index in [0.717, 1.165) is 46.2 Å². The molecule has 3 heterocycles. The van der Waals surface area contributed by atoms with E-state index in [9.17, 15) is 9.59 Å². The Kier molecular flexibility index (Phi) is 7.05. The lowest BCUT2D eigenvalue weighted by molar-refractivity contribution is -0.131. The minimum Gasteiger partial charge on any atom is -0.490 e. The van der Waals surface area contributed by atoms with E-state index in [1.54, 1.807) is 18.2 Å². The molecule has 2 amide bonds. The summed E-state index contributed by atoms with van der Waals surface area (Å²) in [4.78, 5) is 27.6. The summed E-state index contributed by atoms with van der Waals surface area (Å²) in [5, 5.41) is 10.7. The van der Waals surface area contributed by atoms with Gasteiger partial charge in [-0.05, 0) is 102 Å². The van der Waals surface area contributed by atoms with Crippen LogP contribution in [0.1, 0.15) is 47.9 Å². The van der Waals surface area contributed by atoms with Gasteiger partial charge in [-0.1, -0.05) is 41.4 Å². The molecule has 1 spiro atoms. The second-order valence-electron chi connectivity index (χ2n) is 10.1. The number of ether oxygens (including phenoxy) is 1. The molecule has 6 nitrogen and oxygen atoms in total. The van der Waals surface area contributed by atoms with E-state index in [4.69, 9.17) is 27.9 Å². The Balaban J connectivity index is 1.57. The van der Waals surface area contributed by atoms with E-state index in [1.807, 2.05) is 42.5 Å². The number of fused-ring (bicyclic) bond motifs is 2. The average Bonchev–Trinajstić information content (AvgIpc) is 3.18. The molecule has 9 heteroatoms. The molecule has 3 atom stereocenters. The van der Waals surface area contributed by atoms with E-state index >= 15 is 0 Å². The van der Waals surface area contributed by atoms with Crippen molar-refractivity contribution in [2.75, 3.05) is 18.4 Å². The van der Waals surface area contributed by atoms with Crippen LogP contribution in [-0.2, 0) is 15.0 Å². The number of nitrogens with one attached hydrogen (secondary N) is 3. The molecule has 2 fully saturated rings. The van der Waals surface area contributed by atoms with E-state index in [2.05, 4.69) is 38.5 Å². The van der Waals surface area contributed by atoms with Crippen LogP contribution in [0.25, 0.3) is 0 Å². The van der Waals surface area contributed by atoms with Gasteiger partial charge in [0.05, 0.1) is 6.04 Å². The predicted molar refractivity (Wildman–Crippen MR) is 157 cm³/mol. The minimum atomic E-state index is -1.14. The highest BCUT2D eigenvalue weighted by molar-refractivity contribution is 14.1. The van der Waals surface area contributed by atoms with E-state index in [1.165, 1.54) is 0 Å². The first kappa shape index (κ1) is 25.9. The molecule has 3 aliphatic rings. The summed E-state index contributed by atoms with van der Waals surface area (Å²) in [6.45, 7) is 1.78. The SMILES string of the molecule is O=C1CC(c2cccc(Cl)c2)C2(C(=O)Nc3cc(Cl)ccc32)C(c2cc(I)ccc2OC2CCNCC2)N1. The number of amides is 2. The van der Waals surface area contributed by atoms with Gasteiger partial charge in [-0.25, -0.2) is 0 Å². The normalized spacial score (nSPS) is 25.1. The van der Waals surface area contributed by atoms with Gasteiger partial charge in [0.2, 0.25) is 11.8 Å². The summed E-state index contributed by atoms with van der Waals surface area (Å²) in [5.41, 5.74) is 1.93. The highest BCUT2D eigenvalue weighted by Crippen LogP contribution is 2.58. The molecule has 0 aliphatic carbocycles. The lowest BCUT2D eigenvalue weighted by atomic mass is 9.59. The number of anilines is 1. The van der Waals surface area contributed by atoms with Gasteiger partial charge in [-0.15, -0.1) is 0 Å². The summed E-state index contributed by atoms with van der Waals surface area (Å²) in [7, 11) is 0. The number of halogens is 3. The lowest BCUT2D eigenvalue weighted by Gasteiger charge is -2.46. The van der Waals surface area contributed by atoms with E-state index in [0.29, 0.717) is 21.5 Å². The lowest BCUT2D eigenvalue weighted by Crippen LogP contribution is -2.57. The van der Waals surface area contributed by atoms with Gasteiger partial charge >= 0.3 is 0 Å². The molecule has 3 aromatic carbocycles. The zero-order chi connectivity index (χ0) is 26.4. The largest absolute Gasteiger partial charge is 0.490 e. The Labute approximate surface area is 244 Å². The molecule has 0 saturated carbocycles. The van der Waals surface area contributed by atoms with Crippen molar-refractivity contribution in [3.8, 4) is 5.75 Å². The van der Waals surface area contributed by atoms with Gasteiger partial charge in [0, 0.05) is 37.2 Å². The van der Waals surface area contributed by atoms with Crippen molar-refractivity contribution < 1.29 is 14.3 Å². The van der Waals surface area contributed by atoms with Crippen molar-refractivity contribution in [2.24, 2.45) is 0 Å². The van der Waals surface area contributed by atoms with Gasteiger partial charge < -0.3 is 20.7 Å². The van der Waals surface area contributed by atoms with Gasteiger partial charge in [0.15, 0.2) is 0 Å². The van der Waals surface area contributed by atoms with Crippen molar-refractivity contribution in [1.29, 1.82) is 0 Å².